The molecule has 110 valence electrons. The summed E-state index contributed by atoms with van der Waals surface area (Å²) in [6.07, 6.45) is 3.62. The van der Waals surface area contributed by atoms with Gasteiger partial charge in [0.2, 0.25) is 0 Å². The number of aliphatic hydroxyl groups is 1. The van der Waals surface area contributed by atoms with Gasteiger partial charge in [0.1, 0.15) is 5.82 Å². The van der Waals surface area contributed by atoms with E-state index in [0.29, 0.717) is 0 Å². The molecular weight excluding hydrogens is 266 g/mol. The predicted octanol–water partition coefficient (Wildman–Crippen LogP) is 1.92. The Labute approximate surface area is 116 Å². The van der Waals surface area contributed by atoms with E-state index in [0.717, 1.165) is 37.8 Å². The SMILES string of the molecule is Nc1cc(F)cc(C(=O)N(CCO)C2CCCC2)c1F. The second kappa shape index (κ2) is 6.17. The molecule has 2 rings (SSSR count). The average molecular weight is 284 g/mol. The number of halogens is 2. The van der Waals surface area contributed by atoms with Gasteiger partial charge < -0.3 is 15.7 Å². The van der Waals surface area contributed by atoms with Crippen LogP contribution in [-0.2, 0) is 0 Å². The Balaban J connectivity index is 2.31. The van der Waals surface area contributed by atoms with Crippen molar-refractivity contribution in [1.82, 2.24) is 4.90 Å². The Hall–Kier alpha value is -1.69. The third-order valence-corrected chi connectivity index (χ3v) is 3.66. The minimum absolute atomic E-state index is 0.0291. The van der Waals surface area contributed by atoms with Gasteiger partial charge in [0.15, 0.2) is 5.82 Å². The first-order chi connectivity index (χ1) is 9.54. The fourth-order valence-corrected chi connectivity index (χ4v) is 2.69. The average Bonchev–Trinajstić information content (AvgIpc) is 2.93. The van der Waals surface area contributed by atoms with Gasteiger partial charge in [-0.1, -0.05) is 12.8 Å². The fraction of sp³-hybridized carbons (Fsp3) is 0.500. The Bertz CT molecular complexity index is 502. The second-order valence-corrected chi connectivity index (χ2v) is 5.02. The Kier molecular flexibility index (Phi) is 4.54. The molecule has 6 heteroatoms. The predicted molar refractivity (Wildman–Crippen MR) is 71.1 cm³/mol. The molecule has 4 nitrogen and oxygen atoms in total. The van der Waals surface area contributed by atoms with Crippen molar-refractivity contribution in [3.05, 3.63) is 29.3 Å². The molecule has 1 aliphatic rings. The lowest BCUT2D eigenvalue weighted by molar-refractivity contribution is 0.0633. The number of benzene rings is 1. The zero-order chi connectivity index (χ0) is 14.7. The molecule has 0 atom stereocenters. The van der Waals surface area contributed by atoms with E-state index in [1.807, 2.05) is 0 Å². The molecule has 0 unspecified atom stereocenters. The molecule has 0 spiro atoms. The van der Waals surface area contributed by atoms with Crippen LogP contribution in [0.1, 0.15) is 36.0 Å². The van der Waals surface area contributed by atoms with E-state index in [9.17, 15) is 13.6 Å². The van der Waals surface area contributed by atoms with Gasteiger partial charge in [0.05, 0.1) is 17.9 Å². The standard InChI is InChI=1S/C14H18F2N2O2/c15-9-7-11(13(16)12(17)8-9)14(20)18(5-6-19)10-3-1-2-4-10/h7-8,10,19H,1-6,17H2. The van der Waals surface area contributed by atoms with E-state index < -0.39 is 17.5 Å². The second-order valence-electron chi connectivity index (χ2n) is 5.02. The van der Waals surface area contributed by atoms with Crippen LogP contribution in [-0.4, -0.2) is 35.1 Å². The van der Waals surface area contributed by atoms with E-state index in [1.54, 1.807) is 0 Å². The van der Waals surface area contributed by atoms with Crippen molar-refractivity contribution in [1.29, 1.82) is 0 Å². The van der Waals surface area contributed by atoms with Crippen LogP contribution >= 0.6 is 0 Å². The van der Waals surface area contributed by atoms with Crippen molar-refractivity contribution in [2.24, 2.45) is 0 Å². The van der Waals surface area contributed by atoms with Crippen molar-refractivity contribution in [2.45, 2.75) is 31.7 Å². The van der Waals surface area contributed by atoms with Crippen molar-refractivity contribution in [3.8, 4) is 0 Å². The maximum Gasteiger partial charge on any atom is 0.257 e. The molecule has 0 aromatic heterocycles. The third-order valence-electron chi connectivity index (χ3n) is 3.66. The number of hydrogen-bond acceptors (Lipinski definition) is 3. The minimum atomic E-state index is -0.905. The Morgan fingerprint density at radius 1 is 1.35 bits per heavy atom. The van der Waals surface area contributed by atoms with Crippen molar-refractivity contribution < 1.29 is 18.7 Å². The Morgan fingerprint density at radius 3 is 2.60 bits per heavy atom. The van der Waals surface area contributed by atoms with Gasteiger partial charge in [-0.3, -0.25) is 4.79 Å². The molecule has 20 heavy (non-hydrogen) atoms. The summed E-state index contributed by atoms with van der Waals surface area (Å²) in [5.41, 5.74) is 4.59. The fourth-order valence-electron chi connectivity index (χ4n) is 2.69. The molecule has 0 aliphatic heterocycles. The molecule has 3 N–H and O–H groups in total. The summed E-state index contributed by atoms with van der Waals surface area (Å²) in [5.74, 6) is -2.27. The van der Waals surface area contributed by atoms with Gasteiger partial charge >= 0.3 is 0 Å². The highest BCUT2D eigenvalue weighted by Gasteiger charge is 2.29. The third kappa shape index (κ3) is 2.90. The van der Waals surface area contributed by atoms with Crippen LogP contribution in [0, 0.1) is 11.6 Å². The number of hydrogen-bond donors (Lipinski definition) is 2. The van der Waals surface area contributed by atoms with Gasteiger partial charge in [-0.05, 0) is 25.0 Å². The summed E-state index contributed by atoms with van der Waals surface area (Å²) in [6.45, 7) is -0.103. The molecule has 1 saturated carbocycles. The lowest BCUT2D eigenvalue weighted by Gasteiger charge is -2.28. The number of aliphatic hydroxyl groups excluding tert-OH is 1. The van der Waals surface area contributed by atoms with E-state index in [-0.39, 0.29) is 30.4 Å². The molecule has 0 bridgehead atoms. The highest BCUT2D eigenvalue weighted by molar-refractivity contribution is 5.95. The van der Waals surface area contributed by atoms with E-state index >= 15 is 0 Å². The first-order valence-corrected chi connectivity index (χ1v) is 6.71. The van der Waals surface area contributed by atoms with Crippen molar-refractivity contribution >= 4 is 11.6 Å². The quantitative estimate of drug-likeness (QED) is 0.830. The molecule has 0 heterocycles. The lowest BCUT2D eigenvalue weighted by atomic mass is 10.1. The van der Waals surface area contributed by atoms with Crippen LogP contribution in [0.2, 0.25) is 0 Å². The molecule has 1 fully saturated rings. The maximum atomic E-state index is 13.9. The van der Waals surface area contributed by atoms with Gasteiger partial charge in [-0.2, -0.15) is 0 Å². The number of carbonyl (C=O) groups excluding carboxylic acids is 1. The summed E-state index contributed by atoms with van der Waals surface area (Å²) in [5, 5.41) is 9.08. The zero-order valence-corrected chi connectivity index (χ0v) is 11.1. The van der Waals surface area contributed by atoms with Gasteiger partial charge in [0.25, 0.3) is 5.91 Å². The number of nitrogen functional groups attached to an aromatic ring is 1. The summed E-state index contributed by atoms with van der Waals surface area (Å²) in [6, 6.07) is 1.67. The summed E-state index contributed by atoms with van der Waals surface area (Å²) < 4.78 is 27.2. The first kappa shape index (κ1) is 14.7. The van der Waals surface area contributed by atoms with Crippen LogP contribution in [0.25, 0.3) is 0 Å². The van der Waals surface area contributed by atoms with Gasteiger partial charge in [0, 0.05) is 12.6 Å². The molecule has 1 amide bonds. The number of rotatable bonds is 4. The summed E-state index contributed by atoms with van der Waals surface area (Å²) >= 11 is 0. The monoisotopic (exact) mass is 284 g/mol. The van der Waals surface area contributed by atoms with Gasteiger partial charge in [-0.15, -0.1) is 0 Å². The maximum absolute atomic E-state index is 13.9. The van der Waals surface area contributed by atoms with Crippen molar-refractivity contribution in [3.63, 3.8) is 0 Å². The lowest BCUT2D eigenvalue weighted by Crippen LogP contribution is -2.41. The normalized spacial score (nSPS) is 15.6. The van der Waals surface area contributed by atoms with Crippen LogP contribution in [0.15, 0.2) is 12.1 Å². The molecule has 1 aromatic rings. The van der Waals surface area contributed by atoms with E-state index in [4.69, 9.17) is 10.8 Å². The molecule has 1 aromatic carbocycles. The smallest absolute Gasteiger partial charge is 0.257 e. The number of nitrogens with two attached hydrogens (primary N) is 1. The number of amides is 1. The zero-order valence-electron chi connectivity index (χ0n) is 11.1. The molecule has 0 saturated heterocycles. The largest absolute Gasteiger partial charge is 0.396 e. The molecule has 1 aliphatic carbocycles. The topological polar surface area (TPSA) is 66.6 Å². The summed E-state index contributed by atoms with van der Waals surface area (Å²) in [7, 11) is 0. The number of carbonyl (C=O) groups is 1. The number of anilines is 1. The molecular formula is C14H18F2N2O2. The highest BCUT2D eigenvalue weighted by Crippen LogP contribution is 2.26. The highest BCUT2D eigenvalue weighted by atomic mass is 19.1. The van der Waals surface area contributed by atoms with Crippen LogP contribution in [0.3, 0.4) is 0 Å². The number of nitrogens with zero attached hydrogens (tertiary/aromatic N) is 1. The van der Waals surface area contributed by atoms with E-state index in [2.05, 4.69) is 0 Å². The van der Waals surface area contributed by atoms with Gasteiger partial charge in [-0.25, -0.2) is 8.78 Å². The van der Waals surface area contributed by atoms with Crippen molar-refractivity contribution in [2.75, 3.05) is 18.9 Å². The summed E-state index contributed by atoms with van der Waals surface area (Å²) in [4.78, 5) is 13.8. The Morgan fingerprint density at radius 2 is 2.00 bits per heavy atom. The minimum Gasteiger partial charge on any atom is -0.396 e. The van der Waals surface area contributed by atoms with E-state index in [1.165, 1.54) is 4.90 Å². The van der Waals surface area contributed by atoms with Crippen LogP contribution in [0.4, 0.5) is 14.5 Å². The van der Waals surface area contributed by atoms with Crippen LogP contribution < -0.4 is 5.73 Å². The first-order valence-electron chi connectivity index (χ1n) is 6.71. The molecule has 0 radical (unpaired) electrons. The van der Waals surface area contributed by atoms with Crippen LogP contribution in [0.5, 0.6) is 0 Å².